The van der Waals surface area contributed by atoms with Crippen LogP contribution in [0, 0.1) is 6.92 Å². The van der Waals surface area contributed by atoms with Gasteiger partial charge in [0.15, 0.2) is 0 Å². The second kappa shape index (κ2) is 7.13. The number of amides is 1. The first-order valence-electron chi connectivity index (χ1n) is 6.24. The van der Waals surface area contributed by atoms with Crippen molar-refractivity contribution in [2.24, 2.45) is 5.73 Å². The molecule has 0 aliphatic carbocycles. The summed E-state index contributed by atoms with van der Waals surface area (Å²) in [4.78, 5) is 13.6. The highest BCUT2D eigenvalue weighted by Gasteiger charge is 2.14. The monoisotopic (exact) mass is 249 g/mol. The summed E-state index contributed by atoms with van der Waals surface area (Å²) >= 11 is 0. The molecular weight excluding hydrogens is 226 g/mol. The molecule has 1 amide bonds. The zero-order chi connectivity index (χ0) is 13.5. The summed E-state index contributed by atoms with van der Waals surface area (Å²) in [6, 6.07) is 8.58. The molecule has 0 saturated heterocycles. The Morgan fingerprint density at radius 1 is 1.33 bits per heavy atom. The molecule has 0 aliphatic rings. The van der Waals surface area contributed by atoms with Crippen molar-refractivity contribution >= 4 is 5.91 Å². The molecule has 1 unspecified atom stereocenters. The first-order valence-corrected chi connectivity index (χ1v) is 6.24. The molecule has 1 aromatic rings. The van der Waals surface area contributed by atoms with E-state index in [4.69, 9.17) is 5.73 Å². The van der Waals surface area contributed by atoms with E-state index in [-0.39, 0.29) is 11.9 Å². The zero-order valence-electron chi connectivity index (χ0n) is 11.4. The number of benzene rings is 1. The molecule has 18 heavy (non-hydrogen) atoms. The van der Waals surface area contributed by atoms with E-state index in [2.05, 4.69) is 41.4 Å². The van der Waals surface area contributed by atoms with Crippen molar-refractivity contribution in [3.05, 3.63) is 35.4 Å². The lowest BCUT2D eigenvalue weighted by atomic mass is 10.0. The Morgan fingerprint density at radius 3 is 2.44 bits per heavy atom. The van der Waals surface area contributed by atoms with Crippen LogP contribution in [0.2, 0.25) is 0 Å². The summed E-state index contributed by atoms with van der Waals surface area (Å²) in [5.41, 5.74) is 7.80. The Hall–Kier alpha value is -1.39. The third kappa shape index (κ3) is 4.47. The van der Waals surface area contributed by atoms with E-state index in [1.54, 1.807) is 0 Å². The van der Waals surface area contributed by atoms with Crippen LogP contribution in [0.25, 0.3) is 0 Å². The van der Waals surface area contributed by atoms with Gasteiger partial charge >= 0.3 is 0 Å². The van der Waals surface area contributed by atoms with Crippen molar-refractivity contribution in [2.75, 3.05) is 27.2 Å². The minimum atomic E-state index is 0.0106. The minimum Gasteiger partial charge on any atom is -0.354 e. The number of nitrogens with zero attached hydrogens (tertiary/aromatic N) is 1. The second-order valence-electron chi connectivity index (χ2n) is 4.73. The van der Waals surface area contributed by atoms with Crippen molar-refractivity contribution < 1.29 is 4.79 Å². The molecule has 0 fully saturated rings. The molecule has 0 aliphatic heterocycles. The standard InChI is InChI=1S/C14H23N3O/c1-11-4-6-12(7-5-11)13(17(2)3)10-16-14(18)8-9-15/h4-7,13H,8-10,15H2,1-3H3,(H,16,18). The van der Waals surface area contributed by atoms with Gasteiger partial charge < -0.3 is 16.0 Å². The van der Waals surface area contributed by atoms with Crippen LogP contribution in [0.5, 0.6) is 0 Å². The number of nitrogens with one attached hydrogen (secondary N) is 1. The summed E-state index contributed by atoms with van der Waals surface area (Å²) in [6.45, 7) is 3.06. The van der Waals surface area contributed by atoms with Gasteiger partial charge in [0.2, 0.25) is 5.91 Å². The van der Waals surface area contributed by atoms with Crippen LogP contribution in [0.3, 0.4) is 0 Å². The van der Waals surface area contributed by atoms with Crippen LogP contribution in [-0.4, -0.2) is 38.0 Å². The van der Waals surface area contributed by atoms with E-state index in [1.807, 2.05) is 14.1 Å². The van der Waals surface area contributed by atoms with Gasteiger partial charge in [-0.15, -0.1) is 0 Å². The Balaban J connectivity index is 2.65. The highest BCUT2D eigenvalue weighted by atomic mass is 16.1. The molecule has 0 saturated carbocycles. The van der Waals surface area contributed by atoms with Gasteiger partial charge in [0, 0.05) is 19.5 Å². The molecule has 1 aromatic carbocycles. The largest absolute Gasteiger partial charge is 0.354 e. The Labute approximate surface area is 109 Å². The van der Waals surface area contributed by atoms with Crippen molar-refractivity contribution in [1.82, 2.24) is 10.2 Å². The quantitative estimate of drug-likeness (QED) is 0.792. The Morgan fingerprint density at radius 2 is 1.94 bits per heavy atom. The molecular formula is C14H23N3O. The Bertz CT molecular complexity index is 373. The van der Waals surface area contributed by atoms with E-state index in [0.29, 0.717) is 19.5 Å². The summed E-state index contributed by atoms with van der Waals surface area (Å²) in [5, 5.41) is 2.92. The summed E-state index contributed by atoms with van der Waals surface area (Å²) in [6.07, 6.45) is 0.383. The predicted molar refractivity (Wildman–Crippen MR) is 74.3 cm³/mol. The van der Waals surface area contributed by atoms with Crippen molar-refractivity contribution in [1.29, 1.82) is 0 Å². The van der Waals surface area contributed by atoms with Crippen molar-refractivity contribution in [3.8, 4) is 0 Å². The van der Waals surface area contributed by atoms with E-state index in [1.165, 1.54) is 11.1 Å². The minimum absolute atomic E-state index is 0.0106. The molecule has 1 rings (SSSR count). The number of carbonyl (C=O) groups is 1. The summed E-state index contributed by atoms with van der Waals surface area (Å²) < 4.78 is 0. The van der Waals surface area contributed by atoms with E-state index in [0.717, 1.165) is 0 Å². The number of hydrogen-bond acceptors (Lipinski definition) is 3. The highest BCUT2D eigenvalue weighted by molar-refractivity contribution is 5.76. The molecule has 0 spiro atoms. The number of aryl methyl sites for hydroxylation is 1. The SMILES string of the molecule is Cc1ccc(C(CNC(=O)CCN)N(C)C)cc1. The zero-order valence-corrected chi connectivity index (χ0v) is 11.4. The first kappa shape index (κ1) is 14.7. The molecule has 0 heterocycles. The number of likely N-dealkylation sites (N-methyl/N-ethyl adjacent to an activating group) is 1. The van der Waals surface area contributed by atoms with E-state index in [9.17, 15) is 4.79 Å². The van der Waals surface area contributed by atoms with E-state index >= 15 is 0 Å². The van der Waals surface area contributed by atoms with Crippen LogP contribution in [0.1, 0.15) is 23.6 Å². The third-order valence-corrected chi connectivity index (χ3v) is 2.95. The van der Waals surface area contributed by atoms with Gasteiger partial charge in [-0.2, -0.15) is 0 Å². The second-order valence-corrected chi connectivity index (χ2v) is 4.73. The van der Waals surface area contributed by atoms with Crippen LogP contribution in [0.4, 0.5) is 0 Å². The average molecular weight is 249 g/mol. The highest BCUT2D eigenvalue weighted by Crippen LogP contribution is 2.17. The maximum absolute atomic E-state index is 11.4. The lowest BCUT2D eigenvalue weighted by Crippen LogP contribution is -2.35. The summed E-state index contributed by atoms with van der Waals surface area (Å²) in [7, 11) is 4.03. The topological polar surface area (TPSA) is 58.4 Å². The fourth-order valence-electron chi connectivity index (χ4n) is 1.82. The van der Waals surface area contributed by atoms with Crippen molar-refractivity contribution in [3.63, 3.8) is 0 Å². The molecule has 4 heteroatoms. The Kier molecular flexibility index (Phi) is 5.82. The third-order valence-electron chi connectivity index (χ3n) is 2.95. The van der Waals surface area contributed by atoms with E-state index < -0.39 is 0 Å². The molecule has 100 valence electrons. The summed E-state index contributed by atoms with van der Waals surface area (Å²) in [5.74, 6) is 0.0106. The first-order chi connectivity index (χ1) is 8.54. The van der Waals surface area contributed by atoms with Crippen LogP contribution < -0.4 is 11.1 Å². The van der Waals surface area contributed by atoms with Gasteiger partial charge in [-0.1, -0.05) is 29.8 Å². The fourth-order valence-corrected chi connectivity index (χ4v) is 1.82. The predicted octanol–water partition coefficient (Wildman–Crippen LogP) is 1.06. The number of rotatable bonds is 6. The molecule has 4 nitrogen and oxygen atoms in total. The van der Waals surface area contributed by atoms with Crippen LogP contribution >= 0.6 is 0 Å². The van der Waals surface area contributed by atoms with Gasteiger partial charge in [-0.25, -0.2) is 0 Å². The molecule has 0 bridgehead atoms. The van der Waals surface area contributed by atoms with Gasteiger partial charge in [0.25, 0.3) is 0 Å². The van der Waals surface area contributed by atoms with Gasteiger partial charge in [-0.3, -0.25) is 4.79 Å². The maximum atomic E-state index is 11.4. The number of hydrogen-bond donors (Lipinski definition) is 2. The lowest BCUT2D eigenvalue weighted by molar-refractivity contribution is -0.121. The maximum Gasteiger partial charge on any atom is 0.221 e. The smallest absolute Gasteiger partial charge is 0.221 e. The number of carbonyl (C=O) groups excluding carboxylic acids is 1. The lowest BCUT2D eigenvalue weighted by Gasteiger charge is -2.25. The molecule has 1 atom stereocenters. The average Bonchev–Trinajstić information content (AvgIpc) is 2.31. The van der Waals surface area contributed by atoms with Gasteiger partial charge in [0.1, 0.15) is 0 Å². The van der Waals surface area contributed by atoms with Crippen molar-refractivity contribution in [2.45, 2.75) is 19.4 Å². The molecule has 3 N–H and O–H groups in total. The van der Waals surface area contributed by atoms with Crippen LogP contribution in [0.15, 0.2) is 24.3 Å². The van der Waals surface area contributed by atoms with Gasteiger partial charge in [-0.05, 0) is 26.6 Å². The molecule has 0 aromatic heterocycles. The molecule has 0 radical (unpaired) electrons. The normalized spacial score (nSPS) is 12.5. The number of nitrogens with two attached hydrogens (primary N) is 1. The van der Waals surface area contributed by atoms with Gasteiger partial charge in [0.05, 0.1) is 6.04 Å². The van der Waals surface area contributed by atoms with Crippen LogP contribution in [-0.2, 0) is 4.79 Å². The fraction of sp³-hybridized carbons (Fsp3) is 0.500.